The summed E-state index contributed by atoms with van der Waals surface area (Å²) in [6.45, 7) is 6.19. The maximum absolute atomic E-state index is 11.4. The first kappa shape index (κ1) is 14.0. The zero-order valence-electron chi connectivity index (χ0n) is 9.95. The van der Waals surface area contributed by atoms with E-state index in [2.05, 4.69) is 6.92 Å². The molecule has 0 aromatic heterocycles. The summed E-state index contributed by atoms with van der Waals surface area (Å²) in [6.07, 6.45) is 4.31. The maximum atomic E-state index is 11.4. The first-order valence-corrected chi connectivity index (χ1v) is 5.73. The van der Waals surface area contributed by atoms with E-state index in [4.69, 9.17) is 10.00 Å². The molecule has 0 aromatic rings. The van der Waals surface area contributed by atoms with E-state index in [9.17, 15) is 4.79 Å². The minimum absolute atomic E-state index is 0.0978. The van der Waals surface area contributed by atoms with Gasteiger partial charge in [0.2, 0.25) is 0 Å². The molecular weight excluding hydrogens is 190 g/mol. The van der Waals surface area contributed by atoms with Gasteiger partial charge in [-0.15, -0.1) is 0 Å². The molecule has 3 nitrogen and oxygen atoms in total. The number of rotatable bonds is 7. The van der Waals surface area contributed by atoms with Gasteiger partial charge in [0.25, 0.3) is 0 Å². The highest BCUT2D eigenvalue weighted by molar-refractivity contribution is 5.75. The monoisotopic (exact) mass is 211 g/mol. The number of carbonyl (C=O) groups excluding carboxylic acids is 1. The van der Waals surface area contributed by atoms with Gasteiger partial charge < -0.3 is 4.74 Å². The lowest BCUT2D eigenvalue weighted by Gasteiger charge is -2.15. The maximum Gasteiger partial charge on any atom is 0.323 e. The lowest BCUT2D eigenvalue weighted by Crippen LogP contribution is -2.22. The average molecular weight is 211 g/mol. The Morgan fingerprint density at radius 1 is 1.40 bits per heavy atom. The molecule has 0 aliphatic rings. The van der Waals surface area contributed by atoms with Crippen molar-refractivity contribution < 1.29 is 9.53 Å². The van der Waals surface area contributed by atoms with Crippen molar-refractivity contribution in [3.63, 3.8) is 0 Å². The first-order valence-electron chi connectivity index (χ1n) is 5.73. The van der Waals surface area contributed by atoms with Gasteiger partial charge in [0.1, 0.15) is 5.92 Å². The second kappa shape index (κ2) is 8.28. The average Bonchev–Trinajstić information content (AvgIpc) is 2.19. The molecule has 0 N–H and O–H groups in total. The minimum atomic E-state index is -0.596. The summed E-state index contributed by atoms with van der Waals surface area (Å²) in [6, 6.07) is 2.04. The molecule has 0 bridgehead atoms. The summed E-state index contributed by atoms with van der Waals surface area (Å²) in [4.78, 5) is 11.4. The highest BCUT2D eigenvalue weighted by Crippen LogP contribution is 2.19. The summed E-state index contributed by atoms with van der Waals surface area (Å²) >= 11 is 0. The van der Waals surface area contributed by atoms with E-state index >= 15 is 0 Å². The molecule has 0 aliphatic carbocycles. The molecule has 0 amide bonds. The third-order valence-corrected chi connectivity index (χ3v) is 2.51. The van der Waals surface area contributed by atoms with Gasteiger partial charge in [0.05, 0.1) is 12.7 Å². The van der Waals surface area contributed by atoms with Crippen molar-refractivity contribution in [1.29, 1.82) is 5.26 Å². The zero-order chi connectivity index (χ0) is 11.7. The Morgan fingerprint density at radius 2 is 2.07 bits per heavy atom. The van der Waals surface area contributed by atoms with Crippen LogP contribution in [0, 0.1) is 23.2 Å². The molecular formula is C12H21NO2. The second-order valence-electron chi connectivity index (χ2n) is 3.83. The molecule has 0 unspecified atom stereocenters. The van der Waals surface area contributed by atoms with Gasteiger partial charge in [-0.2, -0.15) is 5.26 Å². The van der Waals surface area contributed by atoms with Gasteiger partial charge in [0.15, 0.2) is 0 Å². The summed E-state index contributed by atoms with van der Waals surface area (Å²) in [5.74, 6) is -0.869. The van der Waals surface area contributed by atoms with Gasteiger partial charge in [-0.25, -0.2) is 0 Å². The van der Waals surface area contributed by atoms with Gasteiger partial charge >= 0.3 is 5.97 Å². The van der Waals surface area contributed by atoms with E-state index in [1.54, 1.807) is 6.92 Å². The van der Waals surface area contributed by atoms with Crippen LogP contribution in [-0.2, 0) is 9.53 Å². The van der Waals surface area contributed by atoms with Crippen LogP contribution in [0.15, 0.2) is 0 Å². The number of hydrogen-bond acceptors (Lipinski definition) is 3. The van der Waals surface area contributed by atoms with Crippen molar-refractivity contribution in [1.82, 2.24) is 0 Å². The van der Waals surface area contributed by atoms with Gasteiger partial charge in [0, 0.05) is 0 Å². The zero-order valence-corrected chi connectivity index (χ0v) is 9.95. The van der Waals surface area contributed by atoms with Crippen molar-refractivity contribution in [3.05, 3.63) is 0 Å². The third kappa shape index (κ3) is 5.41. The fourth-order valence-corrected chi connectivity index (χ4v) is 1.53. The standard InChI is InChI=1S/C12H21NO2/c1-4-6-7-8-10(3)11(9-13)12(14)15-5-2/h10-11H,4-8H2,1-3H3/t10-,11+/m0/s1. The Labute approximate surface area is 92.4 Å². The summed E-state index contributed by atoms with van der Waals surface area (Å²) in [5.41, 5.74) is 0. The molecule has 0 heterocycles. The van der Waals surface area contributed by atoms with Crippen LogP contribution in [-0.4, -0.2) is 12.6 Å². The van der Waals surface area contributed by atoms with Crippen LogP contribution in [0.3, 0.4) is 0 Å². The largest absolute Gasteiger partial charge is 0.465 e. The molecule has 0 saturated heterocycles. The Bertz CT molecular complexity index is 220. The van der Waals surface area contributed by atoms with E-state index in [1.807, 2.05) is 13.0 Å². The predicted octanol–water partition coefficient (Wildman–Crippen LogP) is 2.91. The highest BCUT2D eigenvalue weighted by Gasteiger charge is 2.25. The fraction of sp³-hybridized carbons (Fsp3) is 0.833. The Balaban J connectivity index is 4.05. The third-order valence-electron chi connectivity index (χ3n) is 2.51. The van der Waals surface area contributed by atoms with Crippen LogP contribution in [0.1, 0.15) is 46.5 Å². The van der Waals surface area contributed by atoms with E-state index < -0.39 is 5.92 Å². The number of carbonyl (C=O) groups is 1. The number of hydrogen-bond donors (Lipinski definition) is 0. The SMILES string of the molecule is CCCCC[C@H](C)[C@@H](C#N)C(=O)OCC. The molecule has 15 heavy (non-hydrogen) atoms. The Hall–Kier alpha value is -1.04. The quantitative estimate of drug-likeness (QED) is 0.480. The normalized spacial score (nSPS) is 14.0. The van der Waals surface area contributed by atoms with Crippen molar-refractivity contribution in [2.75, 3.05) is 6.61 Å². The van der Waals surface area contributed by atoms with Crippen molar-refractivity contribution in [2.45, 2.75) is 46.5 Å². The van der Waals surface area contributed by atoms with Crippen LogP contribution >= 0.6 is 0 Å². The van der Waals surface area contributed by atoms with Crippen molar-refractivity contribution in [2.24, 2.45) is 11.8 Å². The molecule has 0 saturated carbocycles. The number of nitriles is 1. The number of unbranched alkanes of at least 4 members (excludes halogenated alkanes) is 2. The van der Waals surface area contributed by atoms with E-state index in [0.717, 1.165) is 25.7 Å². The van der Waals surface area contributed by atoms with E-state index in [0.29, 0.717) is 6.61 Å². The first-order chi connectivity index (χ1) is 7.17. The van der Waals surface area contributed by atoms with Crippen molar-refractivity contribution >= 4 is 5.97 Å². The highest BCUT2D eigenvalue weighted by atomic mass is 16.5. The molecule has 0 spiro atoms. The molecule has 0 fully saturated rings. The van der Waals surface area contributed by atoms with Gasteiger partial charge in [-0.3, -0.25) is 4.79 Å². The van der Waals surface area contributed by atoms with Gasteiger partial charge in [-0.1, -0.05) is 33.1 Å². The van der Waals surface area contributed by atoms with E-state index in [-0.39, 0.29) is 11.9 Å². The van der Waals surface area contributed by atoms with Crippen LogP contribution in [0.5, 0.6) is 0 Å². The number of ether oxygens (including phenoxy) is 1. The minimum Gasteiger partial charge on any atom is -0.465 e. The van der Waals surface area contributed by atoms with Gasteiger partial charge in [-0.05, 0) is 19.3 Å². The topological polar surface area (TPSA) is 50.1 Å². The lowest BCUT2D eigenvalue weighted by atomic mass is 9.90. The number of nitrogens with zero attached hydrogens (tertiary/aromatic N) is 1. The molecule has 0 aliphatic heterocycles. The molecule has 86 valence electrons. The smallest absolute Gasteiger partial charge is 0.323 e. The fourth-order valence-electron chi connectivity index (χ4n) is 1.53. The van der Waals surface area contributed by atoms with Crippen LogP contribution in [0.2, 0.25) is 0 Å². The summed E-state index contributed by atoms with van der Waals surface area (Å²) < 4.78 is 4.86. The van der Waals surface area contributed by atoms with Crippen molar-refractivity contribution in [3.8, 4) is 6.07 Å². The van der Waals surface area contributed by atoms with Crippen LogP contribution in [0.25, 0.3) is 0 Å². The van der Waals surface area contributed by atoms with E-state index in [1.165, 1.54) is 0 Å². The summed E-state index contributed by atoms with van der Waals surface area (Å²) in [5, 5.41) is 8.90. The Kier molecular flexibility index (Phi) is 7.71. The molecule has 0 radical (unpaired) electrons. The lowest BCUT2D eigenvalue weighted by molar-refractivity contribution is -0.147. The predicted molar refractivity (Wildman–Crippen MR) is 59.0 cm³/mol. The molecule has 3 heteroatoms. The number of esters is 1. The van der Waals surface area contributed by atoms with Crippen LogP contribution in [0.4, 0.5) is 0 Å². The Morgan fingerprint density at radius 3 is 2.53 bits per heavy atom. The molecule has 0 rings (SSSR count). The second-order valence-corrected chi connectivity index (χ2v) is 3.83. The van der Waals surface area contributed by atoms with Crippen LogP contribution < -0.4 is 0 Å². The summed E-state index contributed by atoms with van der Waals surface area (Å²) in [7, 11) is 0. The molecule has 2 atom stereocenters. The molecule has 0 aromatic carbocycles.